The van der Waals surface area contributed by atoms with Gasteiger partial charge in [0, 0.05) is 26.5 Å². The average molecular weight is 448 g/mol. The Morgan fingerprint density at radius 2 is 1.93 bits per heavy atom. The van der Waals surface area contributed by atoms with Crippen molar-refractivity contribution in [2.75, 3.05) is 6.61 Å². The van der Waals surface area contributed by atoms with Crippen LogP contribution in [-0.4, -0.2) is 45.6 Å². The van der Waals surface area contributed by atoms with Crippen molar-refractivity contribution < 1.29 is 9.53 Å². The topological polar surface area (TPSA) is 118 Å². The fraction of sp³-hybridized carbons (Fsp3) is 0.250. The van der Waals surface area contributed by atoms with E-state index in [1.54, 1.807) is 21.4 Å². The van der Waals surface area contributed by atoms with Gasteiger partial charge in [-0.1, -0.05) is 0 Å². The number of nitrogens with zero attached hydrogens (tertiary/aromatic N) is 7. The number of halogens is 1. The minimum absolute atomic E-state index is 0.0130. The van der Waals surface area contributed by atoms with Gasteiger partial charge in [0.25, 0.3) is 5.56 Å². The van der Waals surface area contributed by atoms with Gasteiger partial charge in [-0.2, -0.15) is 0 Å². The third-order valence-corrected chi connectivity index (χ3v) is 4.95. The second kappa shape index (κ2) is 6.71. The van der Waals surface area contributed by atoms with Crippen LogP contribution in [0.2, 0.25) is 0 Å². The highest BCUT2D eigenvalue weighted by Crippen LogP contribution is 2.15. The largest absolute Gasteiger partial charge is 0.459 e. The maximum atomic E-state index is 12.4. The molecule has 0 N–H and O–H groups in total. The number of aryl methyl sites for hydroxylation is 1. The first kappa shape index (κ1) is 18.1. The van der Waals surface area contributed by atoms with Crippen LogP contribution in [0.15, 0.2) is 39.1 Å². The second-order valence-electron chi connectivity index (χ2n) is 6.00. The predicted molar refractivity (Wildman–Crippen MR) is 101 cm³/mol. The van der Waals surface area contributed by atoms with Crippen molar-refractivity contribution in [1.29, 1.82) is 0 Å². The molecule has 144 valence electrons. The number of carbonyl (C=O) groups is 1. The molecule has 12 heteroatoms. The Bertz CT molecular complexity index is 1350. The van der Waals surface area contributed by atoms with Crippen molar-refractivity contribution in [3.8, 4) is 0 Å². The Morgan fingerprint density at radius 3 is 2.71 bits per heavy atom. The van der Waals surface area contributed by atoms with Crippen LogP contribution in [0.25, 0.3) is 16.8 Å². The van der Waals surface area contributed by atoms with Crippen molar-refractivity contribution in [2.45, 2.75) is 6.54 Å². The number of esters is 1. The lowest BCUT2D eigenvalue weighted by molar-refractivity contribution is 0.0487. The molecule has 0 saturated heterocycles. The van der Waals surface area contributed by atoms with E-state index < -0.39 is 17.2 Å². The normalized spacial score (nSPS) is 11.4. The highest BCUT2D eigenvalue weighted by Gasteiger charge is 2.18. The predicted octanol–water partition coefficient (Wildman–Crippen LogP) is 0.0959. The first-order valence-electron chi connectivity index (χ1n) is 8.15. The van der Waals surface area contributed by atoms with Gasteiger partial charge in [-0.25, -0.2) is 24.5 Å². The average Bonchev–Trinajstić information content (AvgIpc) is 3.28. The van der Waals surface area contributed by atoms with Crippen LogP contribution >= 0.6 is 15.9 Å². The van der Waals surface area contributed by atoms with E-state index in [1.165, 1.54) is 31.2 Å². The van der Waals surface area contributed by atoms with Crippen LogP contribution < -0.4 is 11.2 Å². The summed E-state index contributed by atoms with van der Waals surface area (Å²) < 4.78 is 11.5. The van der Waals surface area contributed by atoms with Crippen LogP contribution in [0.3, 0.4) is 0 Å². The lowest BCUT2D eigenvalue weighted by atomic mass is 10.4. The number of hydrogen-bond donors (Lipinski definition) is 0. The van der Waals surface area contributed by atoms with Gasteiger partial charge in [-0.3, -0.25) is 18.3 Å². The molecular formula is C16H14BrN7O4. The summed E-state index contributed by atoms with van der Waals surface area (Å²) in [6.45, 7) is 0.178. The van der Waals surface area contributed by atoms with Gasteiger partial charge in [0.05, 0.1) is 19.1 Å². The van der Waals surface area contributed by atoms with Crippen LogP contribution in [0, 0.1) is 0 Å². The summed E-state index contributed by atoms with van der Waals surface area (Å²) in [7, 11) is 2.94. The molecule has 0 aliphatic rings. The van der Waals surface area contributed by atoms with Crippen LogP contribution in [-0.2, 0) is 25.4 Å². The molecule has 4 rings (SSSR count). The number of hydrogen-bond acceptors (Lipinski definition) is 7. The first-order valence-corrected chi connectivity index (χ1v) is 8.95. The quantitative estimate of drug-likeness (QED) is 0.406. The molecule has 0 bridgehead atoms. The lowest BCUT2D eigenvalue weighted by Gasteiger charge is -2.08. The molecule has 0 radical (unpaired) electrons. The van der Waals surface area contributed by atoms with Gasteiger partial charge in [0.1, 0.15) is 11.2 Å². The van der Waals surface area contributed by atoms with Gasteiger partial charge in [0.2, 0.25) is 0 Å². The molecule has 0 aliphatic carbocycles. The van der Waals surface area contributed by atoms with Gasteiger partial charge in [-0.05, 0) is 15.9 Å². The van der Waals surface area contributed by atoms with Gasteiger partial charge >= 0.3 is 11.7 Å². The van der Waals surface area contributed by atoms with Gasteiger partial charge in [-0.15, -0.1) is 0 Å². The maximum Gasteiger partial charge on any atom is 0.360 e. The lowest BCUT2D eigenvalue weighted by Crippen LogP contribution is -2.37. The molecule has 0 aliphatic heterocycles. The van der Waals surface area contributed by atoms with E-state index in [2.05, 4.69) is 30.9 Å². The van der Waals surface area contributed by atoms with E-state index in [-0.39, 0.29) is 30.0 Å². The number of rotatable bonds is 4. The zero-order valence-corrected chi connectivity index (χ0v) is 16.5. The summed E-state index contributed by atoms with van der Waals surface area (Å²) in [6, 6.07) is 0. The van der Waals surface area contributed by atoms with E-state index >= 15 is 0 Å². The molecule has 11 nitrogen and oxygen atoms in total. The van der Waals surface area contributed by atoms with E-state index in [9.17, 15) is 14.4 Å². The van der Waals surface area contributed by atoms with Gasteiger partial charge < -0.3 is 9.30 Å². The van der Waals surface area contributed by atoms with Crippen LogP contribution in [0.4, 0.5) is 0 Å². The van der Waals surface area contributed by atoms with Crippen LogP contribution in [0.1, 0.15) is 10.5 Å². The fourth-order valence-electron chi connectivity index (χ4n) is 2.90. The molecule has 4 aromatic heterocycles. The van der Waals surface area contributed by atoms with Crippen molar-refractivity contribution in [2.24, 2.45) is 14.1 Å². The summed E-state index contributed by atoms with van der Waals surface area (Å²) in [5.74, 6) is -0.631. The van der Waals surface area contributed by atoms with Gasteiger partial charge in [0.15, 0.2) is 22.5 Å². The Balaban J connectivity index is 1.57. The zero-order valence-electron chi connectivity index (χ0n) is 14.9. The molecule has 0 aromatic carbocycles. The minimum atomic E-state index is -0.631. The Labute approximate surface area is 165 Å². The Hall–Kier alpha value is -3.28. The summed E-state index contributed by atoms with van der Waals surface area (Å²) in [4.78, 5) is 49.1. The standard InChI is InChI=1S/C16H14BrN7O4/c1-21-13-11(14(25)22(2)16(21)27)23(8-20-13)5-6-28-15(26)10-12-19-7-9(17)24(12)4-3-18-10/h3-4,7-8H,5-6H2,1-2H3. The smallest absolute Gasteiger partial charge is 0.360 e. The second-order valence-corrected chi connectivity index (χ2v) is 6.81. The number of fused-ring (bicyclic) bond motifs is 2. The SMILES string of the molecule is Cn1c(=O)c2c(ncn2CCOC(=O)c2nccn3c(Br)cnc23)n(C)c1=O. The van der Waals surface area contributed by atoms with Crippen molar-refractivity contribution in [3.63, 3.8) is 0 Å². The highest BCUT2D eigenvalue weighted by atomic mass is 79.9. The molecule has 28 heavy (non-hydrogen) atoms. The molecule has 0 saturated carbocycles. The Kier molecular flexibility index (Phi) is 4.34. The number of imidazole rings is 2. The molecular weight excluding hydrogens is 434 g/mol. The van der Waals surface area contributed by atoms with E-state index in [1.807, 2.05) is 0 Å². The molecule has 0 spiro atoms. The van der Waals surface area contributed by atoms with E-state index in [4.69, 9.17) is 4.74 Å². The third kappa shape index (κ3) is 2.72. The Morgan fingerprint density at radius 1 is 1.14 bits per heavy atom. The number of aromatic nitrogens is 7. The van der Waals surface area contributed by atoms with E-state index in [0.717, 1.165) is 4.57 Å². The summed E-state index contributed by atoms with van der Waals surface area (Å²) in [6.07, 6.45) is 6.14. The molecule has 0 fully saturated rings. The summed E-state index contributed by atoms with van der Waals surface area (Å²) >= 11 is 3.33. The van der Waals surface area contributed by atoms with Crippen molar-refractivity contribution >= 4 is 38.7 Å². The molecule has 0 unspecified atom stereocenters. The number of carbonyl (C=O) groups excluding carboxylic acids is 1. The van der Waals surface area contributed by atoms with Crippen molar-refractivity contribution in [3.05, 3.63) is 56.1 Å². The van der Waals surface area contributed by atoms with E-state index in [0.29, 0.717) is 10.3 Å². The monoisotopic (exact) mass is 447 g/mol. The molecule has 4 aromatic rings. The fourth-order valence-corrected chi connectivity index (χ4v) is 3.29. The van der Waals surface area contributed by atoms with Crippen molar-refractivity contribution in [1.82, 2.24) is 33.1 Å². The third-order valence-electron chi connectivity index (χ3n) is 4.36. The van der Waals surface area contributed by atoms with Crippen LogP contribution in [0.5, 0.6) is 0 Å². The minimum Gasteiger partial charge on any atom is -0.459 e. The molecule has 0 amide bonds. The summed E-state index contributed by atoms with van der Waals surface area (Å²) in [5, 5.41) is 0. The molecule has 0 atom stereocenters. The summed E-state index contributed by atoms with van der Waals surface area (Å²) in [5.41, 5.74) is 0.0688. The number of ether oxygens (including phenoxy) is 1. The highest BCUT2D eigenvalue weighted by molar-refractivity contribution is 9.10. The molecule has 4 heterocycles. The zero-order chi connectivity index (χ0) is 20.0. The maximum absolute atomic E-state index is 12.4. The first-order chi connectivity index (χ1) is 13.4.